The highest BCUT2D eigenvalue weighted by molar-refractivity contribution is 5.15. The van der Waals surface area contributed by atoms with Crippen LogP contribution in [0.5, 0.6) is 0 Å². The van der Waals surface area contributed by atoms with Gasteiger partial charge < -0.3 is 5.32 Å². The van der Waals surface area contributed by atoms with E-state index in [1.807, 2.05) is 0 Å². The van der Waals surface area contributed by atoms with Crippen molar-refractivity contribution in [2.45, 2.75) is 46.0 Å². The fourth-order valence-electron chi connectivity index (χ4n) is 3.56. The molecule has 0 heterocycles. The van der Waals surface area contributed by atoms with Crippen LogP contribution >= 0.6 is 0 Å². The first-order valence-electron chi connectivity index (χ1n) is 8.08. The van der Waals surface area contributed by atoms with Gasteiger partial charge >= 0.3 is 0 Å². The number of rotatable bonds is 6. The highest BCUT2D eigenvalue weighted by atomic mass is 14.8. The van der Waals surface area contributed by atoms with Gasteiger partial charge in [0.25, 0.3) is 0 Å². The van der Waals surface area contributed by atoms with Crippen molar-refractivity contribution in [3.63, 3.8) is 0 Å². The van der Waals surface area contributed by atoms with Crippen molar-refractivity contribution >= 4 is 0 Å². The van der Waals surface area contributed by atoms with E-state index in [0.717, 1.165) is 24.3 Å². The van der Waals surface area contributed by atoms with E-state index < -0.39 is 0 Å². The summed E-state index contributed by atoms with van der Waals surface area (Å²) in [5, 5.41) is 3.57. The van der Waals surface area contributed by atoms with Crippen LogP contribution in [0.3, 0.4) is 0 Å². The molecule has 0 spiro atoms. The number of benzene rings is 1. The fraction of sp³-hybridized carbons (Fsp3) is 0.667. The second kappa shape index (κ2) is 7.69. The summed E-state index contributed by atoms with van der Waals surface area (Å²) in [7, 11) is 0. The van der Waals surface area contributed by atoms with Crippen molar-refractivity contribution in [3.05, 3.63) is 35.9 Å². The monoisotopic (exact) mass is 259 g/mol. The van der Waals surface area contributed by atoms with Crippen molar-refractivity contribution in [2.24, 2.45) is 17.8 Å². The van der Waals surface area contributed by atoms with E-state index in [2.05, 4.69) is 49.5 Å². The highest BCUT2D eigenvalue weighted by Crippen LogP contribution is 2.37. The molecular formula is C18H29N. The molecule has 3 atom stereocenters. The molecule has 0 bridgehead atoms. The Morgan fingerprint density at radius 1 is 1.05 bits per heavy atom. The highest BCUT2D eigenvalue weighted by Gasteiger charge is 2.29. The summed E-state index contributed by atoms with van der Waals surface area (Å²) < 4.78 is 0. The summed E-state index contributed by atoms with van der Waals surface area (Å²) >= 11 is 0. The van der Waals surface area contributed by atoms with Crippen molar-refractivity contribution in [2.75, 3.05) is 13.1 Å². The first-order chi connectivity index (χ1) is 9.33. The van der Waals surface area contributed by atoms with E-state index >= 15 is 0 Å². The molecular weight excluding hydrogens is 230 g/mol. The van der Waals surface area contributed by atoms with E-state index in [0.29, 0.717) is 0 Å². The maximum absolute atomic E-state index is 3.57. The predicted octanol–water partition coefficient (Wildman–Crippen LogP) is 4.28. The number of hydrogen-bond acceptors (Lipinski definition) is 1. The molecule has 106 valence electrons. The van der Waals surface area contributed by atoms with Crippen LogP contribution in [0.4, 0.5) is 0 Å². The van der Waals surface area contributed by atoms with Crippen LogP contribution in [-0.2, 0) is 6.42 Å². The molecule has 1 N–H and O–H groups in total. The van der Waals surface area contributed by atoms with Crippen molar-refractivity contribution < 1.29 is 0 Å². The molecule has 3 unspecified atom stereocenters. The lowest BCUT2D eigenvalue weighted by molar-refractivity contribution is 0.172. The third kappa shape index (κ3) is 4.35. The van der Waals surface area contributed by atoms with Gasteiger partial charge in [-0.25, -0.2) is 0 Å². The quantitative estimate of drug-likeness (QED) is 0.804. The molecule has 0 radical (unpaired) electrons. The molecule has 1 saturated carbocycles. The molecule has 1 aromatic rings. The molecule has 2 rings (SSSR count). The summed E-state index contributed by atoms with van der Waals surface area (Å²) in [6, 6.07) is 11.1. The lowest BCUT2D eigenvalue weighted by Gasteiger charge is -2.36. The van der Waals surface area contributed by atoms with Crippen molar-refractivity contribution in [1.82, 2.24) is 5.32 Å². The zero-order chi connectivity index (χ0) is 13.5. The summed E-state index contributed by atoms with van der Waals surface area (Å²) in [5.74, 6) is 2.72. The van der Waals surface area contributed by atoms with Gasteiger partial charge in [-0.2, -0.15) is 0 Å². The van der Waals surface area contributed by atoms with Gasteiger partial charge in [-0.15, -0.1) is 0 Å². The second-order valence-corrected chi connectivity index (χ2v) is 6.10. The lowest BCUT2D eigenvalue weighted by Crippen LogP contribution is -2.34. The summed E-state index contributed by atoms with van der Waals surface area (Å²) in [6.07, 6.45) is 6.93. The topological polar surface area (TPSA) is 12.0 Å². The fourth-order valence-corrected chi connectivity index (χ4v) is 3.56. The van der Waals surface area contributed by atoms with E-state index in [4.69, 9.17) is 0 Å². The first-order valence-corrected chi connectivity index (χ1v) is 8.08. The van der Waals surface area contributed by atoms with Crippen LogP contribution in [0, 0.1) is 17.8 Å². The Balaban J connectivity index is 1.98. The zero-order valence-corrected chi connectivity index (χ0v) is 12.6. The SMILES string of the molecule is CCNCC1CCC(CC)CC1Cc1ccccc1. The minimum absolute atomic E-state index is 0.875. The van der Waals surface area contributed by atoms with E-state index in [1.54, 1.807) is 0 Å². The Bertz CT molecular complexity index is 346. The van der Waals surface area contributed by atoms with Gasteiger partial charge in [0.1, 0.15) is 0 Å². The second-order valence-electron chi connectivity index (χ2n) is 6.10. The minimum atomic E-state index is 0.875. The molecule has 0 aliphatic heterocycles. The lowest BCUT2D eigenvalue weighted by atomic mass is 9.71. The Morgan fingerprint density at radius 2 is 1.84 bits per heavy atom. The molecule has 19 heavy (non-hydrogen) atoms. The van der Waals surface area contributed by atoms with Crippen molar-refractivity contribution in [1.29, 1.82) is 0 Å². The smallest absolute Gasteiger partial charge is 0.00179 e. The Morgan fingerprint density at radius 3 is 2.53 bits per heavy atom. The average Bonchev–Trinajstić information content (AvgIpc) is 2.47. The summed E-state index contributed by atoms with van der Waals surface area (Å²) in [6.45, 7) is 6.88. The average molecular weight is 259 g/mol. The Hall–Kier alpha value is -0.820. The third-order valence-corrected chi connectivity index (χ3v) is 4.82. The van der Waals surface area contributed by atoms with Crippen molar-refractivity contribution in [3.8, 4) is 0 Å². The van der Waals surface area contributed by atoms with Crippen LogP contribution in [0.15, 0.2) is 30.3 Å². The first kappa shape index (κ1) is 14.6. The van der Waals surface area contributed by atoms with Crippen LogP contribution < -0.4 is 5.32 Å². The van der Waals surface area contributed by atoms with Gasteiger partial charge in [0, 0.05) is 0 Å². The summed E-state index contributed by atoms with van der Waals surface area (Å²) in [5.41, 5.74) is 1.52. The minimum Gasteiger partial charge on any atom is -0.317 e. The van der Waals surface area contributed by atoms with Gasteiger partial charge in [-0.1, -0.05) is 57.0 Å². The molecule has 1 fully saturated rings. The maximum Gasteiger partial charge on any atom is -0.00179 e. The van der Waals surface area contributed by atoms with E-state index in [-0.39, 0.29) is 0 Å². The number of nitrogens with one attached hydrogen (secondary N) is 1. The van der Waals surface area contributed by atoms with E-state index in [1.165, 1.54) is 44.2 Å². The van der Waals surface area contributed by atoms with Crippen LogP contribution in [0.2, 0.25) is 0 Å². The molecule has 1 aliphatic carbocycles. The van der Waals surface area contributed by atoms with Gasteiger partial charge in [0.15, 0.2) is 0 Å². The molecule has 1 aromatic carbocycles. The van der Waals surface area contributed by atoms with Crippen LogP contribution in [-0.4, -0.2) is 13.1 Å². The molecule has 1 heteroatoms. The molecule has 0 aromatic heterocycles. The van der Waals surface area contributed by atoms with Gasteiger partial charge in [-0.3, -0.25) is 0 Å². The normalized spacial score (nSPS) is 27.4. The molecule has 0 amide bonds. The third-order valence-electron chi connectivity index (χ3n) is 4.82. The van der Waals surface area contributed by atoms with Gasteiger partial charge in [-0.05, 0) is 55.7 Å². The molecule has 0 saturated heterocycles. The summed E-state index contributed by atoms with van der Waals surface area (Å²) in [4.78, 5) is 0. The molecule has 1 nitrogen and oxygen atoms in total. The van der Waals surface area contributed by atoms with Crippen LogP contribution in [0.25, 0.3) is 0 Å². The van der Waals surface area contributed by atoms with Crippen LogP contribution in [0.1, 0.15) is 45.1 Å². The number of hydrogen-bond donors (Lipinski definition) is 1. The van der Waals surface area contributed by atoms with Gasteiger partial charge in [0.05, 0.1) is 0 Å². The predicted molar refractivity (Wildman–Crippen MR) is 83.3 cm³/mol. The Kier molecular flexibility index (Phi) is 5.91. The van der Waals surface area contributed by atoms with Gasteiger partial charge in [0.2, 0.25) is 0 Å². The van der Waals surface area contributed by atoms with E-state index in [9.17, 15) is 0 Å². The molecule has 1 aliphatic rings. The standard InChI is InChI=1S/C18H29N/c1-3-15-10-11-17(14-19-4-2)18(12-15)13-16-8-6-5-7-9-16/h5-9,15,17-19H,3-4,10-14H2,1-2H3. The Labute approximate surface area is 118 Å². The maximum atomic E-state index is 3.57. The zero-order valence-electron chi connectivity index (χ0n) is 12.6. The largest absolute Gasteiger partial charge is 0.317 e.